The second-order valence-electron chi connectivity index (χ2n) is 22.4. The average Bonchev–Trinajstić information content (AvgIpc) is 3.50. The Morgan fingerprint density at radius 1 is 0.519 bits per heavy atom. The summed E-state index contributed by atoms with van der Waals surface area (Å²) in [7, 11) is 0. The molecule has 6 aliphatic heterocycles. The van der Waals surface area contributed by atoms with Crippen molar-refractivity contribution in [1.82, 2.24) is 0 Å². The van der Waals surface area contributed by atoms with Gasteiger partial charge in [0.2, 0.25) is 0 Å². The second-order valence-corrected chi connectivity index (χ2v) is 22.4. The summed E-state index contributed by atoms with van der Waals surface area (Å²) in [4.78, 5) is 40.2. The van der Waals surface area contributed by atoms with E-state index in [9.17, 15) is 65.4 Å². The summed E-state index contributed by atoms with van der Waals surface area (Å²) >= 11 is 0. The maximum absolute atomic E-state index is 13.9. The van der Waals surface area contributed by atoms with Gasteiger partial charge in [0.05, 0.1) is 42.9 Å². The Morgan fingerprint density at radius 3 is 1.73 bits per heavy atom. The highest BCUT2D eigenvalue weighted by Gasteiger charge is 2.59. The molecule has 0 amide bonds. The summed E-state index contributed by atoms with van der Waals surface area (Å²) in [6, 6.07) is 0. The molecule has 0 aromatic carbocycles. The van der Waals surface area contributed by atoms with Crippen molar-refractivity contribution in [2.75, 3.05) is 6.61 Å². The first-order chi connectivity index (χ1) is 37.5. The number of hydrogen-bond acceptors (Lipinski definition) is 26. The van der Waals surface area contributed by atoms with Crippen LogP contribution in [0.3, 0.4) is 0 Å². The Balaban J connectivity index is 1.36. The van der Waals surface area contributed by atoms with Crippen LogP contribution in [-0.4, -0.2) is 235 Å². The zero-order valence-electron chi connectivity index (χ0n) is 46.6. The normalized spacial score (nSPS) is 44.4. The molecule has 6 fully saturated rings. The third kappa shape index (κ3) is 16.7. The molecule has 6 saturated heterocycles. The quantitative estimate of drug-likeness (QED) is 0.0565. The molecule has 6 heterocycles. The lowest BCUT2D eigenvalue weighted by molar-refractivity contribution is -0.406. The number of rotatable bonds is 15. The van der Waals surface area contributed by atoms with Crippen LogP contribution in [-0.2, 0) is 76.0 Å². The monoisotopic (exact) mass is 1140 g/mol. The standard InChI is InChI=1S/C53H90O26/c1-9-10-16-19-28-20-17-14-12-11-13-15-18-21-30(55)72-41-38(63)51(77-43-34(59)31(56)25(6)67-52(43)70-28)68-26(7)39(41)76-53-45(74-47(65)24(4)5)44(78-49-36(61)33(58)32(57)29(22-54)71-49)40(27(8)69-53)75-50-37(62)35(60)42(48(66)79-50)73-46(64)23(2)3/h23-29,31-45,48-54,56-63,66H,9-22H2,1-8H3/t25-,26+,27+,28+,29-,31+,32-,33+,34+,35+,36-,37-,38-,39+,40+,41+,42-,43-,44-,45-,48-,49+,50-,51+,52+,53+/m1/s1. The van der Waals surface area contributed by atoms with E-state index in [4.69, 9.17) is 61.6 Å². The lowest BCUT2D eigenvalue weighted by atomic mass is 9.95. The summed E-state index contributed by atoms with van der Waals surface area (Å²) in [6.45, 7) is 11.7. The van der Waals surface area contributed by atoms with E-state index in [0.29, 0.717) is 25.7 Å². The van der Waals surface area contributed by atoms with Crippen molar-refractivity contribution in [2.45, 2.75) is 299 Å². The number of ether oxygens (including phenoxy) is 13. The molecule has 2 bridgehead atoms. The molecule has 26 heteroatoms. The molecule has 79 heavy (non-hydrogen) atoms. The maximum atomic E-state index is 13.9. The molecule has 0 aromatic heterocycles. The number of hydrogen-bond donors (Lipinski definition) is 10. The Labute approximate surface area is 461 Å². The summed E-state index contributed by atoms with van der Waals surface area (Å²) in [6.07, 6.45) is -33.0. The van der Waals surface area contributed by atoms with E-state index in [1.807, 2.05) is 0 Å². The summed E-state index contributed by atoms with van der Waals surface area (Å²) in [5, 5.41) is 111. The molecule has 0 saturated carbocycles. The molecule has 6 rings (SSSR count). The van der Waals surface area contributed by atoms with Gasteiger partial charge < -0.3 is 113 Å². The Kier molecular flexibility index (Phi) is 25.3. The first-order valence-electron chi connectivity index (χ1n) is 28.4. The van der Waals surface area contributed by atoms with E-state index in [1.165, 1.54) is 41.5 Å². The third-order valence-electron chi connectivity index (χ3n) is 15.4. The fourth-order valence-corrected chi connectivity index (χ4v) is 10.5. The number of esters is 3. The van der Waals surface area contributed by atoms with Gasteiger partial charge in [-0.2, -0.15) is 0 Å². The number of carbonyl (C=O) groups is 3. The van der Waals surface area contributed by atoms with Crippen molar-refractivity contribution in [3.05, 3.63) is 0 Å². The highest BCUT2D eigenvalue weighted by molar-refractivity contribution is 5.72. The van der Waals surface area contributed by atoms with Crippen LogP contribution in [0.15, 0.2) is 0 Å². The van der Waals surface area contributed by atoms with Crippen LogP contribution in [0.4, 0.5) is 0 Å². The van der Waals surface area contributed by atoms with Gasteiger partial charge in [0, 0.05) is 6.42 Å². The topological polar surface area (TPSA) is 374 Å². The highest BCUT2D eigenvalue weighted by atomic mass is 16.8. The molecule has 0 radical (unpaired) electrons. The molecule has 26 nitrogen and oxygen atoms in total. The van der Waals surface area contributed by atoms with Gasteiger partial charge in [-0.3, -0.25) is 14.4 Å². The minimum absolute atomic E-state index is 0.0652. The van der Waals surface area contributed by atoms with Crippen LogP contribution >= 0.6 is 0 Å². The molecule has 0 aliphatic carbocycles. The molecular formula is C53H90O26. The Hall–Kier alpha value is -2.39. The second kappa shape index (κ2) is 30.4. The molecule has 0 spiro atoms. The smallest absolute Gasteiger partial charge is 0.308 e. The predicted octanol–water partition coefficient (Wildman–Crippen LogP) is -0.422. The lowest BCUT2D eigenvalue weighted by Crippen LogP contribution is -2.68. The van der Waals surface area contributed by atoms with E-state index in [2.05, 4.69) is 6.92 Å². The molecule has 0 unspecified atom stereocenters. The van der Waals surface area contributed by atoms with Gasteiger partial charge in [-0.05, 0) is 40.0 Å². The molecular weight excluding hydrogens is 1050 g/mol. The first-order valence-corrected chi connectivity index (χ1v) is 28.4. The molecule has 6 aliphatic rings. The van der Waals surface area contributed by atoms with Crippen molar-refractivity contribution in [1.29, 1.82) is 0 Å². The SMILES string of the molecule is CCCCC[C@H]1CCCCCCCCCC(=O)O[C@H]2[C@@H](O)[C@H](O[C@H]3[C@H](O1)O[C@H](C)[C@H](O)[C@@H]3O)O[C@@H](C)[C@@H]2O[C@@H]1O[C@@H](C)[C@H](O[C@@H]2O[C@@H](O)[C@H](OC(=O)C(C)C)[C@@H](O)[C@H]2O)[C@@H](O[C@@H]2O[C@H](CO)[C@@H](O)[C@H](O)[C@H]2O)[C@H]1OC(=O)C(C)C. The average molecular weight is 1140 g/mol. The van der Waals surface area contributed by atoms with Crippen LogP contribution < -0.4 is 0 Å². The number of carbonyl (C=O) groups excluding carboxylic acids is 3. The van der Waals surface area contributed by atoms with Crippen molar-refractivity contribution in [3.8, 4) is 0 Å². The Morgan fingerprint density at radius 2 is 1.09 bits per heavy atom. The van der Waals surface area contributed by atoms with Crippen molar-refractivity contribution < 1.29 is 127 Å². The van der Waals surface area contributed by atoms with Gasteiger partial charge in [0.15, 0.2) is 56.1 Å². The van der Waals surface area contributed by atoms with E-state index < -0.39 is 190 Å². The number of unbranched alkanes of at least 4 members (excludes halogenated alkanes) is 2. The Bertz CT molecular complexity index is 1860. The van der Waals surface area contributed by atoms with Crippen molar-refractivity contribution in [2.24, 2.45) is 11.8 Å². The lowest BCUT2D eigenvalue weighted by Gasteiger charge is -2.51. The third-order valence-corrected chi connectivity index (χ3v) is 15.4. The van der Waals surface area contributed by atoms with Gasteiger partial charge in [-0.25, -0.2) is 0 Å². The van der Waals surface area contributed by atoms with Crippen molar-refractivity contribution >= 4 is 17.9 Å². The molecule has 10 N–H and O–H groups in total. The van der Waals surface area contributed by atoms with Gasteiger partial charge >= 0.3 is 17.9 Å². The van der Waals surface area contributed by atoms with Crippen LogP contribution in [0.5, 0.6) is 0 Å². The van der Waals surface area contributed by atoms with E-state index in [1.54, 1.807) is 6.92 Å². The van der Waals surface area contributed by atoms with Crippen LogP contribution in [0.2, 0.25) is 0 Å². The van der Waals surface area contributed by atoms with Crippen LogP contribution in [0, 0.1) is 11.8 Å². The van der Waals surface area contributed by atoms with Gasteiger partial charge in [0.25, 0.3) is 0 Å². The molecule has 0 aromatic rings. The largest absolute Gasteiger partial charge is 0.456 e. The molecule has 26 atom stereocenters. The maximum Gasteiger partial charge on any atom is 0.308 e. The van der Waals surface area contributed by atoms with Gasteiger partial charge in [-0.1, -0.05) is 92.4 Å². The molecule has 458 valence electrons. The van der Waals surface area contributed by atoms with E-state index in [0.717, 1.165) is 51.4 Å². The summed E-state index contributed by atoms with van der Waals surface area (Å²) < 4.78 is 79.6. The number of fused-ring (bicyclic) bond motifs is 3. The summed E-state index contributed by atoms with van der Waals surface area (Å²) in [5.41, 5.74) is 0. The van der Waals surface area contributed by atoms with Crippen LogP contribution in [0.25, 0.3) is 0 Å². The predicted molar refractivity (Wildman–Crippen MR) is 267 cm³/mol. The first kappa shape index (κ1) is 65.8. The van der Waals surface area contributed by atoms with E-state index in [-0.39, 0.29) is 12.5 Å². The summed E-state index contributed by atoms with van der Waals surface area (Å²) in [5.74, 6) is -4.04. The zero-order valence-corrected chi connectivity index (χ0v) is 46.6. The fourth-order valence-electron chi connectivity index (χ4n) is 10.5. The van der Waals surface area contributed by atoms with Gasteiger partial charge in [0.1, 0.15) is 79.4 Å². The minimum atomic E-state index is -2.09. The van der Waals surface area contributed by atoms with Crippen LogP contribution in [0.1, 0.15) is 139 Å². The fraction of sp³-hybridized carbons (Fsp3) is 0.943. The van der Waals surface area contributed by atoms with E-state index >= 15 is 0 Å². The van der Waals surface area contributed by atoms with Crippen molar-refractivity contribution in [3.63, 3.8) is 0 Å². The number of aliphatic hydroxyl groups excluding tert-OH is 10. The van der Waals surface area contributed by atoms with Gasteiger partial charge in [-0.15, -0.1) is 0 Å². The highest BCUT2D eigenvalue weighted by Crippen LogP contribution is 2.39. The minimum Gasteiger partial charge on any atom is -0.456 e. The zero-order chi connectivity index (χ0) is 58.0. The number of aliphatic hydroxyl groups is 10.